The predicted octanol–water partition coefficient (Wildman–Crippen LogP) is 4.95. The fourth-order valence-electron chi connectivity index (χ4n) is 5.27. The van der Waals surface area contributed by atoms with Gasteiger partial charge in [-0.25, -0.2) is 0 Å². The first-order chi connectivity index (χ1) is 16.1. The molecule has 2 fully saturated rings. The minimum Gasteiger partial charge on any atom is -0.489 e. The Kier molecular flexibility index (Phi) is 9.69. The van der Waals surface area contributed by atoms with Crippen molar-refractivity contribution < 1.29 is 9.53 Å². The van der Waals surface area contributed by atoms with E-state index in [9.17, 15) is 4.79 Å². The second-order valence-electron chi connectivity index (χ2n) is 10.3. The molecule has 2 heterocycles. The first kappa shape index (κ1) is 27.8. The highest BCUT2D eigenvalue weighted by Gasteiger charge is 2.54. The molecule has 34 heavy (non-hydrogen) atoms. The number of hydrogen-bond acceptors (Lipinski definition) is 6. The molecular formula is C26H38ClN5O2. The largest absolute Gasteiger partial charge is 0.489 e. The van der Waals surface area contributed by atoms with Crippen LogP contribution in [0.25, 0.3) is 0 Å². The molecule has 0 spiro atoms. The molecule has 7 nitrogen and oxygen atoms in total. The van der Waals surface area contributed by atoms with Crippen LogP contribution in [0, 0.1) is 22.2 Å². The van der Waals surface area contributed by atoms with Gasteiger partial charge in [0.2, 0.25) is 0 Å². The molecule has 8 heteroatoms. The number of benzene rings is 1. The number of piperidine rings is 1. The van der Waals surface area contributed by atoms with E-state index >= 15 is 0 Å². The van der Waals surface area contributed by atoms with E-state index in [-0.39, 0.29) is 16.9 Å². The van der Waals surface area contributed by atoms with E-state index in [0.29, 0.717) is 22.2 Å². The highest BCUT2D eigenvalue weighted by Crippen LogP contribution is 2.55. The Morgan fingerprint density at radius 1 is 1.21 bits per heavy atom. The van der Waals surface area contributed by atoms with Crippen molar-refractivity contribution in [1.29, 1.82) is 5.26 Å². The van der Waals surface area contributed by atoms with Crippen molar-refractivity contribution in [2.75, 3.05) is 27.2 Å². The highest BCUT2D eigenvalue weighted by atomic mass is 35.5. The van der Waals surface area contributed by atoms with E-state index in [1.54, 1.807) is 18.3 Å². The second kappa shape index (κ2) is 11.8. The number of ether oxygens (including phenoxy) is 1. The van der Waals surface area contributed by atoms with Crippen molar-refractivity contribution in [3.63, 3.8) is 0 Å². The lowest BCUT2D eigenvalue weighted by atomic mass is 9.53. The van der Waals surface area contributed by atoms with Gasteiger partial charge in [-0.05, 0) is 58.6 Å². The molecule has 2 N–H and O–H groups in total. The number of rotatable bonds is 4. The molecule has 1 saturated heterocycles. The fraction of sp³-hybridized carbons (Fsp3) is 0.577. The van der Waals surface area contributed by atoms with Crippen molar-refractivity contribution in [3.05, 3.63) is 46.7 Å². The predicted molar refractivity (Wildman–Crippen MR) is 136 cm³/mol. The number of nitrogens with two attached hydrogens (primary N) is 1. The van der Waals surface area contributed by atoms with E-state index in [0.717, 1.165) is 44.4 Å². The average Bonchev–Trinajstić information content (AvgIpc) is 3.28. The van der Waals surface area contributed by atoms with E-state index in [1.807, 2.05) is 23.0 Å². The van der Waals surface area contributed by atoms with Gasteiger partial charge in [0.05, 0.1) is 28.4 Å². The van der Waals surface area contributed by atoms with Gasteiger partial charge < -0.3 is 15.4 Å². The number of aldehydes is 1. The summed E-state index contributed by atoms with van der Waals surface area (Å²) in [6.07, 6.45) is 7.88. The van der Waals surface area contributed by atoms with Gasteiger partial charge in [-0.15, -0.1) is 0 Å². The van der Waals surface area contributed by atoms with Gasteiger partial charge >= 0.3 is 0 Å². The fourth-order valence-corrected chi connectivity index (χ4v) is 5.49. The van der Waals surface area contributed by atoms with Gasteiger partial charge in [0.25, 0.3) is 0 Å². The van der Waals surface area contributed by atoms with Crippen LogP contribution in [0.1, 0.15) is 68.9 Å². The Morgan fingerprint density at radius 2 is 1.82 bits per heavy atom. The Morgan fingerprint density at radius 3 is 2.29 bits per heavy atom. The third-order valence-electron chi connectivity index (χ3n) is 6.47. The summed E-state index contributed by atoms with van der Waals surface area (Å²) in [4.78, 5) is 12.8. The van der Waals surface area contributed by atoms with Crippen LogP contribution in [0.5, 0.6) is 5.75 Å². The summed E-state index contributed by atoms with van der Waals surface area (Å²) in [6.45, 7) is 11.1. The Bertz CT molecular complexity index is 973. The van der Waals surface area contributed by atoms with Gasteiger partial charge in [0.15, 0.2) is 6.29 Å². The maximum absolute atomic E-state index is 10.5. The molecular weight excluding hydrogens is 450 g/mol. The van der Waals surface area contributed by atoms with Crippen LogP contribution in [0.15, 0.2) is 30.6 Å². The Balaban J connectivity index is 0.000000230. The van der Waals surface area contributed by atoms with E-state index in [2.05, 4.69) is 50.5 Å². The third kappa shape index (κ3) is 6.82. The zero-order chi connectivity index (χ0) is 25.5. The molecule has 2 aliphatic rings. The van der Waals surface area contributed by atoms with Gasteiger partial charge in [0, 0.05) is 23.1 Å². The number of halogens is 1. The monoisotopic (exact) mass is 487 g/mol. The lowest BCUT2D eigenvalue weighted by Crippen LogP contribution is -2.58. The summed E-state index contributed by atoms with van der Waals surface area (Å²) in [5.41, 5.74) is 6.02. The van der Waals surface area contributed by atoms with Crippen LogP contribution in [-0.4, -0.2) is 54.3 Å². The van der Waals surface area contributed by atoms with Crippen LogP contribution in [-0.2, 0) is 0 Å². The van der Waals surface area contributed by atoms with Crippen LogP contribution in [0.3, 0.4) is 0 Å². The maximum atomic E-state index is 10.5. The molecule has 1 saturated carbocycles. The van der Waals surface area contributed by atoms with Crippen LogP contribution < -0.4 is 10.5 Å². The molecule has 0 bridgehead atoms. The molecule has 1 aromatic carbocycles. The van der Waals surface area contributed by atoms with Crippen molar-refractivity contribution >= 4 is 17.9 Å². The van der Waals surface area contributed by atoms with Gasteiger partial charge in [-0.3, -0.25) is 9.48 Å². The third-order valence-corrected chi connectivity index (χ3v) is 6.78. The summed E-state index contributed by atoms with van der Waals surface area (Å²) < 4.78 is 7.99. The number of hydrogen-bond donors (Lipinski definition) is 1. The van der Waals surface area contributed by atoms with E-state index < -0.39 is 0 Å². The van der Waals surface area contributed by atoms with Crippen molar-refractivity contribution in [1.82, 2.24) is 14.7 Å². The molecule has 0 amide bonds. The summed E-state index contributed by atoms with van der Waals surface area (Å²) in [5.74, 6) is 0.741. The first-order valence-corrected chi connectivity index (χ1v) is 12.1. The SMILES string of the molecule is CC1(C)CC(C)(C)C1Oc1ccc(C#N)c(Cl)c1.CN.CN1CCC(n2cc(C=O)cn2)CC1. The number of nitrogens with zero attached hydrogens (tertiary/aromatic N) is 4. The van der Waals surface area contributed by atoms with Crippen molar-refractivity contribution in [2.24, 2.45) is 16.6 Å². The zero-order valence-corrected chi connectivity index (χ0v) is 22.0. The number of carbonyl (C=O) groups is 1. The lowest BCUT2D eigenvalue weighted by molar-refractivity contribution is -0.133. The number of nitriles is 1. The maximum Gasteiger partial charge on any atom is 0.153 e. The van der Waals surface area contributed by atoms with Crippen LogP contribution in [0.2, 0.25) is 5.02 Å². The highest BCUT2D eigenvalue weighted by molar-refractivity contribution is 6.31. The minimum atomic E-state index is 0.175. The molecule has 0 radical (unpaired) electrons. The Hall–Kier alpha value is -2.40. The lowest BCUT2D eigenvalue weighted by Gasteiger charge is -2.56. The van der Waals surface area contributed by atoms with Crippen LogP contribution >= 0.6 is 11.6 Å². The van der Waals surface area contributed by atoms with E-state index in [1.165, 1.54) is 7.05 Å². The average molecular weight is 488 g/mol. The molecule has 1 aromatic heterocycles. The quantitative estimate of drug-likeness (QED) is 0.612. The summed E-state index contributed by atoms with van der Waals surface area (Å²) >= 11 is 6.01. The van der Waals surface area contributed by atoms with E-state index in [4.69, 9.17) is 21.6 Å². The Labute approximate surface area is 208 Å². The minimum absolute atomic E-state index is 0.175. The smallest absolute Gasteiger partial charge is 0.153 e. The number of aromatic nitrogens is 2. The van der Waals surface area contributed by atoms with Crippen molar-refractivity contribution in [2.45, 2.75) is 59.1 Å². The molecule has 4 rings (SSSR count). The van der Waals surface area contributed by atoms with Crippen molar-refractivity contribution in [3.8, 4) is 11.8 Å². The summed E-state index contributed by atoms with van der Waals surface area (Å²) in [7, 11) is 3.64. The zero-order valence-electron chi connectivity index (χ0n) is 21.2. The topological polar surface area (TPSA) is 97.2 Å². The molecule has 0 unspecified atom stereocenters. The van der Waals surface area contributed by atoms with Gasteiger partial charge in [0.1, 0.15) is 17.9 Å². The molecule has 0 atom stereocenters. The van der Waals surface area contributed by atoms with Crippen LogP contribution in [0.4, 0.5) is 0 Å². The molecule has 1 aliphatic carbocycles. The van der Waals surface area contributed by atoms with Gasteiger partial charge in [-0.1, -0.05) is 39.3 Å². The summed E-state index contributed by atoms with van der Waals surface area (Å²) in [6, 6.07) is 7.77. The second-order valence-corrected chi connectivity index (χ2v) is 10.7. The molecule has 1 aliphatic heterocycles. The first-order valence-electron chi connectivity index (χ1n) is 11.7. The standard InChI is InChI=1S/C15H18ClNO.C10H15N3O.CH5N/c1-14(2)9-15(3,4)13(14)18-11-6-5-10(8-17)12(16)7-11;1-12-4-2-10(3-5-12)13-7-9(8-14)6-11-13;1-2/h5-7,13H,9H2,1-4H3;6-8,10H,2-5H2,1H3;2H2,1H3. The molecule has 186 valence electrons. The van der Waals surface area contributed by atoms with Gasteiger partial charge in [-0.2, -0.15) is 10.4 Å². The normalized spacial score (nSPS) is 19.4. The number of carbonyl (C=O) groups excluding carboxylic acids is 1. The molecule has 2 aromatic rings. The summed E-state index contributed by atoms with van der Waals surface area (Å²) in [5, 5.41) is 13.5. The number of likely N-dealkylation sites (tertiary alicyclic amines) is 1.